The van der Waals surface area contributed by atoms with Crippen LogP contribution in [-0.2, 0) is 14.3 Å². The topological polar surface area (TPSA) is 49.9 Å². The van der Waals surface area contributed by atoms with Crippen LogP contribution in [-0.4, -0.2) is 54.5 Å². The maximum Gasteiger partial charge on any atom is 0.277 e. The number of rotatable bonds is 4. The predicted octanol–water partition coefficient (Wildman–Crippen LogP) is 2.06. The van der Waals surface area contributed by atoms with E-state index in [1.54, 1.807) is 0 Å². The summed E-state index contributed by atoms with van der Waals surface area (Å²) in [5.41, 5.74) is 3.00. The molecule has 1 aromatic rings. The Bertz CT molecular complexity index is 670. The number of ether oxygens (including phenoxy) is 1. The zero-order valence-electron chi connectivity index (χ0n) is 14.5. The molecule has 0 atom stereocenters. The quantitative estimate of drug-likeness (QED) is 0.794. The van der Waals surface area contributed by atoms with E-state index in [0.29, 0.717) is 44.1 Å². The lowest BCUT2D eigenvalue weighted by atomic mass is 10.0. The Morgan fingerprint density at radius 1 is 1.04 bits per heavy atom. The van der Waals surface area contributed by atoms with Crippen molar-refractivity contribution in [3.8, 4) is 0 Å². The molecular formula is C19H24N2O3. The molecule has 0 saturated carbocycles. The van der Waals surface area contributed by atoms with Crippen molar-refractivity contribution in [2.24, 2.45) is 5.92 Å². The molecule has 0 spiro atoms. The minimum absolute atomic E-state index is 0.175. The molecule has 5 heteroatoms. The minimum Gasteiger partial charge on any atom is -0.378 e. The second-order valence-electron chi connectivity index (χ2n) is 6.80. The molecule has 2 amide bonds. The van der Waals surface area contributed by atoms with Gasteiger partial charge in [-0.3, -0.25) is 14.5 Å². The third-order valence-corrected chi connectivity index (χ3v) is 4.36. The third kappa shape index (κ3) is 3.08. The monoisotopic (exact) mass is 328 g/mol. The SMILES string of the molecule is Cc1ccc(C2=C(N3CCOCC3)C(=O)N(CC(C)C)C2=O)cc1. The number of nitrogens with zero attached hydrogens (tertiary/aromatic N) is 2. The second kappa shape index (κ2) is 6.77. The van der Waals surface area contributed by atoms with Gasteiger partial charge in [0.2, 0.25) is 0 Å². The van der Waals surface area contributed by atoms with Crippen LogP contribution in [0.5, 0.6) is 0 Å². The van der Waals surface area contributed by atoms with Crippen molar-refractivity contribution in [2.75, 3.05) is 32.8 Å². The van der Waals surface area contributed by atoms with Crippen molar-refractivity contribution in [2.45, 2.75) is 20.8 Å². The van der Waals surface area contributed by atoms with Gasteiger partial charge >= 0.3 is 0 Å². The van der Waals surface area contributed by atoms with Gasteiger partial charge in [0.05, 0.1) is 18.8 Å². The lowest BCUT2D eigenvalue weighted by Crippen LogP contribution is -2.41. The maximum atomic E-state index is 13.0. The van der Waals surface area contributed by atoms with E-state index in [-0.39, 0.29) is 17.7 Å². The molecule has 0 bridgehead atoms. The van der Waals surface area contributed by atoms with Gasteiger partial charge in [0.15, 0.2) is 0 Å². The highest BCUT2D eigenvalue weighted by molar-refractivity contribution is 6.35. The lowest BCUT2D eigenvalue weighted by Gasteiger charge is -2.29. The van der Waals surface area contributed by atoms with Crippen molar-refractivity contribution in [1.82, 2.24) is 9.80 Å². The van der Waals surface area contributed by atoms with Gasteiger partial charge in [-0.25, -0.2) is 0 Å². The van der Waals surface area contributed by atoms with E-state index < -0.39 is 0 Å². The predicted molar refractivity (Wildman–Crippen MR) is 92.0 cm³/mol. The van der Waals surface area contributed by atoms with E-state index in [1.165, 1.54) is 4.90 Å². The van der Waals surface area contributed by atoms with E-state index in [4.69, 9.17) is 4.74 Å². The Morgan fingerprint density at radius 3 is 2.25 bits per heavy atom. The summed E-state index contributed by atoms with van der Waals surface area (Å²) >= 11 is 0. The van der Waals surface area contributed by atoms with Gasteiger partial charge in [-0.1, -0.05) is 43.7 Å². The normalized spacial score (nSPS) is 19.0. The van der Waals surface area contributed by atoms with Gasteiger partial charge < -0.3 is 9.64 Å². The highest BCUT2D eigenvalue weighted by Crippen LogP contribution is 2.32. The molecule has 0 radical (unpaired) electrons. The zero-order valence-corrected chi connectivity index (χ0v) is 14.5. The van der Waals surface area contributed by atoms with Crippen LogP contribution >= 0.6 is 0 Å². The van der Waals surface area contributed by atoms with Gasteiger partial charge in [0, 0.05) is 19.6 Å². The Labute approximate surface area is 142 Å². The molecule has 0 unspecified atom stereocenters. The number of hydrogen-bond acceptors (Lipinski definition) is 4. The number of aryl methyl sites for hydroxylation is 1. The van der Waals surface area contributed by atoms with Crippen LogP contribution in [0.4, 0.5) is 0 Å². The number of amides is 2. The first-order chi connectivity index (χ1) is 11.5. The molecule has 2 heterocycles. The van der Waals surface area contributed by atoms with Crippen molar-refractivity contribution in [1.29, 1.82) is 0 Å². The number of morpholine rings is 1. The van der Waals surface area contributed by atoms with Crippen LogP contribution < -0.4 is 0 Å². The number of carbonyl (C=O) groups excluding carboxylic acids is 2. The summed E-state index contributed by atoms with van der Waals surface area (Å²) in [6.45, 7) is 8.91. The summed E-state index contributed by atoms with van der Waals surface area (Å²) in [7, 11) is 0. The van der Waals surface area contributed by atoms with E-state index in [1.807, 2.05) is 49.9 Å². The van der Waals surface area contributed by atoms with E-state index in [9.17, 15) is 9.59 Å². The first kappa shape index (κ1) is 16.7. The number of carbonyl (C=O) groups is 2. The Morgan fingerprint density at radius 2 is 1.67 bits per heavy atom. The van der Waals surface area contributed by atoms with Crippen LogP contribution in [0.1, 0.15) is 25.0 Å². The summed E-state index contributed by atoms with van der Waals surface area (Å²) in [6.07, 6.45) is 0. The van der Waals surface area contributed by atoms with Gasteiger partial charge in [-0.2, -0.15) is 0 Å². The Balaban J connectivity index is 2.05. The fraction of sp³-hybridized carbons (Fsp3) is 0.474. The van der Waals surface area contributed by atoms with Crippen molar-refractivity contribution < 1.29 is 14.3 Å². The number of hydrogen-bond donors (Lipinski definition) is 0. The molecule has 0 aromatic heterocycles. The van der Waals surface area contributed by atoms with E-state index in [0.717, 1.165) is 11.1 Å². The van der Waals surface area contributed by atoms with Crippen LogP contribution in [0.3, 0.4) is 0 Å². The molecule has 2 aliphatic heterocycles. The standard InChI is InChI=1S/C19H24N2O3/c1-13(2)12-21-18(22)16(15-6-4-14(3)5-7-15)17(19(21)23)20-8-10-24-11-9-20/h4-7,13H,8-12H2,1-3H3. The first-order valence-electron chi connectivity index (χ1n) is 8.49. The molecule has 3 rings (SSSR count). The molecule has 1 saturated heterocycles. The molecule has 5 nitrogen and oxygen atoms in total. The van der Waals surface area contributed by atoms with Crippen molar-refractivity contribution >= 4 is 17.4 Å². The maximum absolute atomic E-state index is 13.0. The third-order valence-electron chi connectivity index (χ3n) is 4.36. The average molecular weight is 328 g/mol. The molecule has 24 heavy (non-hydrogen) atoms. The number of imide groups is 1. The molecule has 1 fully saturated rings. The van der Waals surface area contributed by atoms with E-state index >= 15 is 0 Å². The second-order valence-corrected chi connectivity index (χ2v) is 6.80. The van der Waals surface area contributed by atoms with Crippen molar-refractivity contribution in [3.63, 3.8) is 0 Å². The fourth-order valence-electron chi connectivity index (χ4n) is 3.15. The summed E-state index contributed by atoms with van der Waals surface area (Å²) in [4.78, 5) is 29.3. The average Bonchev–Trinajstić information content (AvgIpc) is 2.81. The van der Waals surface area contributed by atoms with Crippen LogP contribution in [0.2, 0.25) is 0 Å². The molecule has 0 N–H and O–H groups in total. The lowest BCUT2D eigenvalue weighted by molar-refractivity contribution is -0.138. The highest BCUT2D eigenvalue weighted by atomic mass is 16.5. The van der Waals surface area contributed by atoms with E-state index in [2.05, 4.69) is 0 Å². The molecular weight excluding hydrogens is 304 g/mol. The molecule has 0 aliphatic carbocycles. The van der Waals surface area contributed by atoms with Crippen molar-refractivity contribution in [3.05, 3.63) is 41.1 Å². The number of benzene rings is 1. The van der Waals surface area contributed by atoms with Gasteiger partial charge in [-0.05, 0) is 18.4 Å². The zero-order chi connectivity index (χ0) is 17.3. The van der Waals surface area contributed by atoms with Crippen LogP contribution in [0.25, 0.3) is 5.57 Å². The minimum atomic E-state index is -0.181. The van der Waals surface area contributed by atoms with Gasteiger partial charge in [0.25, 0.3) is 11.8 Å². The summed E-state index contributed by atoms with van der Waals surface area (Å²) < 4.78 is 5.40. The Kier molecular flexibility index (Phi) is 4.71. The molecule has 128 valence electrons. The van der Waals surface area contributed by atoms with Crippen LogP contribution in [0.15, 0.2) is 30.0 Å². The first-order valence-corrected chi connectivity index (χ1v) is 8.49. The Hall–Kier alpha value is -2.14. The van der Waals surface area contributed by atoms with Gasteiger partial charge in [0.1, 0.15) is 5.70 Å². The summed E-state index contributed by atoms with van der Waals surface area (Å²) in [5, 5.41) is 0. The fourth-order valence-corrected chi connectivity index (χ4v) is 3.15. The largest absolute Gasteiger partial charge is 0.378 e. The van der Waals surface area contributed by atoms with Gasteiger partial charge in [-0.15, -0.1) is 0 Å². The summed E-state index contributed by atoms with van der Waals surface area (Å²) in [6, 6.07) is 7.80. The molecule has 2 aliphatic rings. The highest BCUT2D eigenvalue weighted by Gasteiger charge is 2.41. The molecule has 1 aromatic carbocycles. The smallest absolute Gasteiger partial charge is 0.277 e. The van der Waals surface area contributed by atoms with Crippen LogP contribution in [0, 0.1) is 12.8 Å². The summed E-state index contributed by atoms with van der Waals surface area (Å²) in [5.74, 6) is -0.119.